The van der Waals surface area contributed by atoms with E-state index in [1.54, 1.807) is 0 Å². The minimum absolute atomic E-state index is 0.0392. The summed E-state index contributed by atoms with van der Waals surface area (Å²) in [5, 5.41) is 9.68. The molecular weight excluding hydrogens is 259 g/mol. The maximum atomic E-state index is 12.7. The van der Waals surface area contributed by atoms with Crippen LogP contribution in [0, 0.1) is 0 Å². The van der Waals surface area contributed by atoms with Crippen LogP contribution in [0.4, 0.5) is 13.2 Å². The number of nitrogens with two attached hydrogens (primary N) is 1. The molecule has 96 valence electrons. The molecular formula is C10H11ClF3NO2. The normalized spacial score (nSPS) is 13.5. The second kappa shape index (κ2) is 5.01. The van der Waals surface area contributed by atoms with Crippen molar-refractivity contribution < 1.29 is 23.0 Å². The summed E-state index contributed by atoms with van der Waals surface area (Å²) in [6.07, 6.45) is -4.55. The zero-order valence-electron chi connectivity index (χ0n) is 8.88. The number of methoxy groups -OCH3 is 1. The van der Waals surface area contributed by atoms with E-state index < -0.39 is 24.4 Å². The molecule has 0 aliphatic rings. The highest BCUT2D eigenvalue weighted by Crippen LogP contribution is 2.43. The molecule has 3 nitrogen and oxygen atoms in total. The lowest BCUT2D eigenvalue weighted by atomic mass is 9.97. The number of hydrogen-bond donors (Lipinski definition) is 2. The number of phenols is 1. The minimum atomic E-state index is -4.55. The molecule has 17 heavy (non-hydrogen) atoms. The number of halogens is 4. The fraction of sp³-hybridized carbons (Fsp3) is 0.400. The topological polar surface area (TPSA) is 55.5 Å². The highest BCUT2D eigenvalue weighted by atomic mass is 35.5. The van der Waals surface area contributed by atoms with Gasteiger partial charge in [-0.1, -0.05) is 11.6 Å². The summed E-state index contributed by atoms with van der Waals surface area (Å²) in [7, 11) is 1.22. The van der Waals surface area contributed by atoms with Crippen molar-refractivity contribution in [2.24, 2.45) is 5.73 Å². The minimum Gasteiger partial charge on any atom is -0.504 e. The monoisotopic (exact) mass is 269 g/mol. The van der Waals surface area contributed by atoms with Crippen LogP contribution in [-0.4, -0.2) is 24.9 Å². The van der Waals surface area contributed by atoms with Crippen LogP contribution in [0.1, 0.15) is 11.5 Å². The van der Waals surface area contributed by atoms with Gasteiger partial charge < -0.3 is 15.6 Å². The van der Waals surface area contributed by atoms with Gasteiger partial charge in [0.15, 0.2) is 11.5 Å². The fourth-order valence-electron chi connectivity index (χ4n) is 1.45. The summed E-state index contributed by atoms with van der Waals surface area (Å²) in [6, 6.07) is 2.26. The first-order valence-corrected chi connectivity index (χ1v) is 5.02. The molecule has 3 N–H and O–H groups in total. The van der Waals surface area contributed by atoms with Gasteiger partial charge >= 0.3 is 6.18 Å². The first kappa shape index (κ1) is 13.9. The van der Waals surface area contributed by atoms with Gasteiger partial charge in [0.05, 0.1) is 13.0 Å². The number of alkyl halides is 3. The number of phenolic OH excluding ortho intramolecular Hbond substituents is 1. The molecule has 0 aliphatic heterocycles. The van der Waals surface area contributed by atoms with Crippen LogP contribution in [0.15, 0.2) is 12.1 Å². The number of ether oxygens (including phenoxy) is 1. The molecule has 7 heteroatoms. The average molecular weight is 270 g/mol. The third kappa shape index (κ3) is 2.95. The van der Waals surface area contributed by atoms with E-state index in [4.69, 9.17) is 22.1 Å². The van der Waals surface area contributed by atoms with E-state index in [2.05, 4.69) is 0 Å². The van der Waals surface area contributed by atoms with Gasteiger partial charge in [-0.15, -0.1) is 0 Å². The Kier molecular flexibility index (Phi) is 4.11. The molecule has 1 aromatic carbocycles. The smallest absolute Gasteiger partial charge is 0.397 e. The van der Waals surface area contributed by atoms with Gasteiger partial charge in [-0.2, -0.15) is 13.2 Å². The molecule has 0 fully saturated rings. The van der Waals surface area contributed by atoms with E-state index in [1.165, 1.54) is 13.2 Å². The van der Waals surface area contributed by atoms with Crippen LogP contribution in [-0.2, 0) is 0 Å². The van der Waals surface area contributed by atoms with Gasteiger partial charge in [0.25, 0.3) is 0 Å². The van der Waals surface area contributed by atoms with Crippen LogP contribution >= 0.6 is 11.6 Å². The second-order valence-electron chi connectivity index (χ2n) is 3.38. The summed E-state index contributed by atoms with van der Waals surface area (Å²) in [5.41, 5.74) is 4.70. The summed E-state index contributed by atoms with van der Waals surface area (Å²) in [4.78, 5) is 0. The van der Waals surface area contributed by atoms with E-state index in [0.29, 0.717) is 0 Å². The molecule has 1 atom stereocenters. The van der Waals surface area contributed by atoms with E-state index in [1.807, 2.05) is 0 Å². The number of hydrogen-bond acceptors (Lipinski definition) is 3. The van der Waals surface area contributed by atoms with Crippen molar-refractivity contribution in [3.05, 3.63) is 22.7 Å². The van der Waals surface area contributed by atoms with E-state index in [-0.39, 0.29) is 16.3 Å². The van der Waals surface area contributed by atoms with Crippen molar-refractivity contribution in [2.75, 3.05) is 13.7 Å². The molecule has 0 aliphatic carbocycles. The lowest BCUT2D eigenvalue weighted by Gasteiger charge is -2.21. The molecule has 0 saturated heterocycles. The molecule has 0 amide bonds. The molecule has 0 bridgehead atoms. The molecule has 0 heterocycles. The zero-order chi connectivity index (χ0) is 13.2. The summed E-state index contributed by atoms with van der Waals surface area (Å²) in [5.74, 6) is -2.69. The second-order valence-corrected chi connectivity index (χ2v) is 3.81. The van der Waals surface area contributed by atoms with Crippen LogP contribution in [0.5, 0.6) is 11.5 Å². The van der Waals surface area contributed by atoms with Crippen LogP contribution in [0.2, 0.25) is 5.02 Å². The lowest BCUT2D eigenvalue weighted by Crippen LogP contribution is -2.28. The van der Waals surface area contributed by atoms with E-state index in [0.717, 1.165) is 6.07 Å². The number of aromatic hydroxyl groups is 1. The van der Waals surface area contributed by atoms with Crippen LogP contribution < -0.4 is 10.5 Å². The van der Waals surface area contributed by atoms with Crippen molar-refractivity contribution >= 4 is 11.6 Å². The third-order valence-corrected chi connectivity index (χ3v) is 2.51. The third-order valence-electron chi connectivity index (χ3n) is 2.30. The highest BCUT2D eigenvalue weighted by molar-refractivity contribution is 6.30. The van der Waals surface area contributed by atoms with Crippen molar-refractivity contribution in [1.82, 2.24) is 0 Å². The Balaban J connectivity index is 3.34. The van der Waals surface area contributed by atoms with Crippen molar-refractivity contribution in [3.8, 4) is 11.5 Å². The molecule has 1 rings (SSSR count). The van der Waals surface area contributed by atoms with Gasteiger partial charge in [-0.25, -0.2) is 0 Å². The maximum absolute atomic E-state index is 12.7. The predicted octanol–water partition coefficient (Wildman–Crippen LogP) is 2.66. The van der Waals surface area contributed by atoms with Crippen LogP contribution in [0.3, 0.4) is 0 Å². The molecule has 0 spiro atoms. The quantitative estimate of drug-likeness (QED) is 0.887. The number of rotatable bonds is 3. The Labute approximate surface area is 101 Å². The largest absolute Gasteiger partial charge is 0.504 e. The molecule has 0 saturated carbocycles. The summed E-state index contributed by atoms with van der Waals surface area (Å²) < 4.78 is 42.8. The summed E-state index contributed by atoms with van der Waals surface area (Å²) >= 11 is 5.65. The standard InChI is InChI=1S/C10H11ClF3NO2/c1-17-8-3-5(11)2-6(9(8)16)7(4-15)10(12,13)14/h2-3,7,16H,4,15H2,1H3. The van der Waals surface area contributed by atoms with E-state index in [9.17, 15) is 18.3 Å². The van der Waals surface area contributed by atoms with Gasteiger partial charge in [-0.05, 0) is 6.07 Å². The zero-order valence-corrected chi connectivity index (χ0v) is 9.64. The Morgan fingerprint density at radius 1 is 1.47 bits per heavy atom. The SMILES string of the molecule is COc1cc(Cl)cc(C(CN)C(F)(F)F)c1O. The van der Waals surface area contributed by atoms with Gasteiger partial charge in [0.1, 0.15) is 0 Å². The molecule has 0 aromatic heterocycles. The fourth-order valence-corrected chi connectivity index (χ4v) is 1.67. The highest BCUT2D eigenvalue weighted by Gasteiger charge is 2.41. The first-order valence-electron chi connectivity index (χ1n) is 4.64. The molecule has 0 radical (unpaired) electrons. The first-order chi connectivity index (χ1) is 7.81. The lowest BCUT2D eigenvalue weighted by molar-refractivity contribution is -0.148. The van der Waals surface area contributed by atoms with Gasteiger partial charge in [0, 0.05) is 23.2 Å². The Hall–Kier alpha value is -1.14. The summed E-state index contributed by atoms with van der Waals surface area (Å²) in [6.45, 7) is -0.680. The van der Waals surface area contributed by atoms with Crippen molar-refractivity contribution in [3.63, 3.8) is 0 Å². The number of benzene rings is 1. The maximum Gasteiger partial charge on any atom is 0.397 e. The Morgan fingerprint density at radius 2 is 2.06 bits per heavy atom. The van der Waals surface area contributed by atoms with Gasteiger partial charge in [0.2, 0.25) is 0 Å². The van der Waals surface area contributed by atoms with Crippen molar-refractivity contribution in [2.45, 2.75) is 12.1 Å². The molecule has 1 aromatic rings. The van der Waals surface area contributed by atoms with Gasteiger partial charge in [-0.3, -0.25) is 0 Å². The van der Waals surface area contributed by atoms with Crippen molar-refractivity contribution in [1.29, 1.82) is 0 Å². The average Bonchev–Trinajstić information content (AvgIpc) is 2.21. The van der Waals surface area contributed by atoms with E-state index >= 15 is 0 Å². The predicted molar refractivity (Wildman–Crippen MR) is 57.5 cm³/mol. The van der Waals surface area contributed by atoms with Crippen LogP contribution in [0.25, 0.3) is 0 Å². The molecule has 1 unspecified atom stereocenters. The Bertz CT molecular complexity index is 409. The Morgan fingerprint density at radius 3 is 2.47 bits per heavy atom.